The molecule has 1 rings (SSSR count). The van der Waals surface area contributed by atoms with E-state index in [1.54, 1.807) is 7.11 Å². The van der Waals surface area contributed by atoms with Gasteiger partial charge in [-0.1, -0.05) is 30.4 Å². The van der Waals surface area contributed by atoms with Crippen molar-refractivity contribution in [1.29, 1.82) is 0 Å². The van der Waals surface area contributed by atoms with Crippen molar-refractivity contribution in [3.63, 3.8) is 0 Å². The molecule has 0 amide bonds. The molecule has 0 aliphatic carbocycles. The predicted molar refractivity (Wildman–Crippen MR) is 59.5 cm³/mol. The smallest absolute Gasteiger partial charge is 0.122 e. The molecule has 1 aromatic rings. The highest BCUT2D eigenvalue weighted by atomic mass is 16.5. The summed E-state index contributed by atoms with van der Waals surface area (Å²) in [5, 5.41) is 0. The van der Waals surface area contributed by atoms with Crippen molar-refractivity contribution in [2.24, 2.45) is 5.73 Å². The highest BCUT2D eigenvalue weighted by Crippen LogP contribution is 2.20. The normalized spacial score (nSPS) is 9.86. The Bertz CT molecular complexity index is 307. The molecule has 0 saturated carbocycles. The molecule has 0 spiro atoms. The van der Waals surface area contributed by atoms with Gasteiger partial charge in [0, 0.05) is 0 Å². The molecule has 0 heterocycles. The first kappa shape index (κ1) is 10.8. The van der Waals surface area contributed by atoms with E-state index >= 15 is 0 Å². The van der Waals surface area contributed by atoms with Gasteiger partial charge >= 0.3 is 0 Å². The molecule has 0 saturated heterocycles. The third kappa shape index (κ3) is 2.89. The van der Waals surface area contributed by atoms with E-state index in [-0.39, 0.29) is 0 Å². The van der Waals surface area contributed by atoms with Gasteiger partial charge in [0.25, 0.3) is 0 Å². The monoisotopic (exact) mass is 191 g/mol. The first-order chi connectivity index (χ1) is 6.77. The second-order valence-corrected chi connectivity index (χ2v) is 3.28. The molecule has 0 unspecified atom stereocenters. The summed E-state index contributed by atoms with van der Waals surface area (Å²) >= 11 is 0. The summed E-state index contributed by atoms with van der Waals surface area (Å²) in [7, 11) is 1.69. The quantitative estimate of drug-likeness (QED) is 0.724. The molecule has 2 N–H and O–H groups in total. The molecular formula is C12H17NO. The Balaban J connectivity index is 2.70. The van der Waals surface area contributed by atoms with Crippen LogP contribution in [0, 0.1) is 0 Å². The molecule has 14 heavy (non-hydrogen) atoms. The number of ether oxygens (including phenoxy) is 1. The maximum Gasteiger partial charge on any atom is 0.122 e. The molecule has 1 aromatic carbocycles. The molecule has 0 aliphatic heterocycles. The van der Waals surface area contributed by atoms with Gasteiger partial charge in [0.15, 0.2) is 0 Å². The first-order valence-corrected chi connectivity index (χ1v) is 4.76. The van der Waals surface area contributed by atoms with Crippen LogP contribution in [0.25, 0.3) is 0 Å². The molecule has 0 atom stereocenters. The number of para-hydroxylation sites is 1. The van der Waals surface area contributed by atoms with E-state index in [0.29, 0.717) is 6.54 Å². The van der Waals surface area contributed by atoms with Crippen LogP contribution < -0.4 is 10.5 Å². The summed E-state index contributed by atoms with van der Waals surface area (Å²) in [5.74, 6) is 0.922. The van der Waals surface area contributed by atoms with Gasteiger partial charge in [-0.15, -0.1) is 0 Å². The molecule has 0 bridgehead atoms. The Labute approximate surface area is 85.4 Å². The molecule has 0 fully saturated rings. The second kappa shape index (κ2) is 5.45. The van der Waals surface area contributed by atoms with Crippen LogP contribution in [0.5, 0.6) is 5.75 Å². The van der Waals surface area contributed by atoms with E-state index in [0.717, 1.165) is 24.2 Å². The molecule has 0 radical (unpaired) electrons. The predicted octanol–water partition coefficient (Wildman–Crippen LogP) is 2.14. The van der Waals surface area contributed by atoms with Crippen LogP contribution in [0.3, 0.4) is 0 Å². The summed E-state index contributed by atoms with van der Waals surface area (Å²) in [6.45, 7) is 4.64. The SMILES string of the molecule is C=C(CCN)Cc1ccccc1OC. The maximum atomic E-state index is 5.46. The number of nitrogens with two attached hydrogens (primary N) is 1. The topological polar surface area (TPSA) is 35.2 Å². The van der Waals surface area contributed by atoms with Crippen molar-refractivity contribution >= 4 is 0 Å². The van der Waals surface area contributed by atoms with Crippen molar-refractivity contribution in [3.8, 4) is 5.75 Å². The third-order valence-electron chi connectivity index (χ3n) is 2.13. The highest BCUT2D eigenvalue weighted by Gasteiger charge is 2.02. The summed E-state index contributed by atoms with van der Waals surface area (Å²) < 4.78 is 5.25. The van der Waals surface area contributed by atoms with Gasteiger partial charge in [0.1, 0.15) is 5.75 Å². The van der Waals surface area contributed by atoms with Gasteiger partial charge in [0.05, 0.1) is 7.11 Å². The Morgan fingerprint density at radius 2 is 2.14 bits per heavy atom. The van der Waals surface area contributed by atoms with Crippen molar-refractivity contribution < 1.29 is 4.74 Å². The van der Waals surface area contributed by atoms with E-state index in [9.17, 15) is 0 Å². The Kier molecular flexibility index (Phi) is 4.20. The number of rotatable bonds is 5. The van der Waals surface area contributed by atoms with Crippen LogP contribution in [0.1, 0.15) is 12.0 Å². The lowest BCUT2D eigenvalue weighted by Crippen LogP contribution is -2.02. The average molecular weight is 191 g/mol. The van der Waals surface area contributed by atoms with Crippen LogP contribution in [0.4, 0.5) is 0 Å². The van der Waals surface area contributed by atoms with Crippen molar-refractivity contribution in [2.45, 2.75) is 12.8 Å². The van der Waals surface area contributed by atoms with Crippen molar-refractivity contribution in [2.75, 3.05) is 13.7 Å². The lowest BCUT2D eigenvalue weighted by Gasteiger charge is -2.09. The number of hydrogen-bond acceptors (Lipinski definition) is 2. The van der Waals surface area contributed by atoms with E-state index in [2.05, 4.69) is 12.6 Å². The molecule has 0 aliphatic rings. The second-order valence-electron chi connectivity index (χ2n) is 3.28. The maximum absolute atomic E-state index is 5.46. The summed E-state index contributed by atoms with van der Waals surface area (Å²) in [4.78, 5) is 0. The van der Waals surface area contributed by atoms with E-state index in [1.165, 1.54) is 5.56 Å². The van der Waals surface area contributed by atoms with Crippen molar-refractivity contribution in [3.05, 3.63) is 42.0 Å². The fraction of sp³-hybridized carbons (Fsp3) is 0.333. The van der Waals surface area contributed by atoms with E-state index < -0.39 is 0 Å². The van der Waals surface area contributed by atoms with E-state index in [4.69, 9.17) is 10.5 Å². The van der Waals surface area contributed by atoms with Gasteiger partial charge in [0.2, 0.25) is 0 Å². The minimum absolute atomic E-state index is 0.661. The van der Waals surface area contributed by atoms with Crippen molar-refractivity contribution in [1.82, 2.24) is 0 Å². The molecule has 76 valence electrons. The van der Waals surface area contributed by atoms with Crippen LogP contribution in [-0.2, 0) is 6.42 Å². The van der Waals surface area contributed by atoms with Gasteiger partial charge in [-0.3, -0.25) is 0 Å². The lowest BCUT2D eigenvalue weighted by atomic mass is 10.0. The van der Waals surface area contributed by atoms with Crippen LogP contribution in [-0.4, -0.2) is 13.7 Å². The summed E-state index contributed by atoms with van der Waals surface area (Å²) in [5.41, 5.74) is 7.79. The Morgan fingerprint density at radius 1 is 1.43 bits per heavy atom. The summed E-state index contributed by atoms with van der Waals surface area (Å²) in [6.07, 6.45) is 1.72. The van der Waals surface area contributed by atoms with Crippen LogP contribution in [0.2, 0.25) is 0 Å². The zero-order valence-corrected chi connectivity index (χ0v) is 8.62. The van der Waals surface area contributed by atoms with Gasteiger partial charge in [-0.05, 0) is 31.0 Å². The number of hydrogen-bond donors (Lipinski definition) is 1. The zero-order chi connectivity index (χ0) is 10.4. The molecular weight excluding hydrogens is 174 g/mol. The highest BCUT2D eigenvalue weighted by molar-refractivity contribution is 5.35. The number of benzene rings is 1. The minimum Gasteiger partial charge on any atom is -0.496 e. The Morgan fingerprint density at radius 3 is 2.79 bits per heavy atom. The zero-order valence-electron chi connectivity index (χ0n) is 8.62. The lowest BCUT2D eigenvalue weighted by molar-refractivity contribution is 0.410. The van der Waals surface area contributed by atoms with E-state index in [1.807, 2.05) is 18.2 Å². The summed E-state index contributed by atoms with van der Waals surface area (Å²) in [6, 6.07) is 7.99. The Hall–Kier alpha value is -1.28. The van der Waals surface area contributed by atoms with Crippen LogP contribution >= 0.6 is 0 Å². The minimum atomic E-state index is 0.661. The number of methoxy groups -OCH3 is 1. The van der Waals surface area contributed by atoms with Gasteiger partial charge in [-0.2, -0.15) is 0 Å². The average Bonchev–Trinajstić information content (AvgIpc) is 2.19. The molecule has 2 nitrogen and oxygen atoms in total. The molecule has 2 heteroatoms. The van der Waals surface area contributed by atoms with Gasteiger partial charge < -0.3 is 10.5 Å². The first-order valence-electron chi connectivity index (χ1n) is 4.76. The van der Waals surface area contributed by atoms with Crippen LogP contribution in [0.15, 0.2) is 36.4 Å². The standard InChI is InChI=1S/C12H17NO/c1-10(7-8-13)9-11-5-3-4-6-12(11)14-2/h3-6H,1,7-9,13H2,2H3. The fourth-order valence-corrected chi connectivity index (χ4v) is 1.41. The largest absolute Gasteiger partial charge is 0.496 e. The molecule has 0 aromatic heterocycles. The fourth-order valence-electron chi connectivity index (χ4n) is 1.41. The third-order valence-corrected chi connectivity index (χ3v) is 2.13. The van der Waals surface area contributed by atoms with Gasteiger partial charge in [-0.25, -0.2) is 0 Å².